The molecule has 0 unspecified atom stereocenters. The van der Waals surface area contributed by atoms with Crippen molar-refractivity contribution in [2.24, 2.45) is 0 Å². The molecule has 0 saturated carbocycles. The number of hydrogen-bond acceptors (Lipinski definition) is 5. The van der Waals surface area contributed by atoms with Crippen molar-refractivity contribution in [3.8, 4) is 5.75 Å². The first-order valence-electron chi connectivity index (χ1n) is 9.52. The summed E-state index contributed by atoms with van der Waals surface area (Å²) in [5.41, 5.74) is 2.50. The Morgan fingerprint density at radius 1 is 1.21 bits per heavy atom. The molecule has 0 aliphatic carbocycles. The second kappa shape index (κ2) is 7.50. The highest BCUT2D eigenvalue weighted by atomic mass is 16.5. The van der Waals surface area contributed by atoms with Crippen LogP contribution in [0.4, 0.5) is 5.82 Å². The number of anilines is 1. The highest BCUT2D eigenvalue weighted by molar-refractivity contribution is 5.98. The fourth-order valence-electron chi connectivity index (χ4n) is 3.80. The van der Waals surface area contributed by atoms with E-state index in [1.54, 1.807) is 13.4 Å². The summed E-state index contributed by atoms with van der Waals surface area (Å²) in [5.74, 6) is 1.76. The molecule has 2 aromatic heterocycles. The predicted molar refractivity (Wildman–Crippen MR) is 109 cm³/mol. The third kappa shape index (κ3) is 3.52. The number of carbonyl (C=O) groups excluding carboxylic acids is 1. The third-order valence-electron chi connectivity index (χ3n) is 5.51. The molecule has 1 aliphatic heterocycles. The number of aryl methyl sites for hydroxylation is 1. The minimum Gasteiger partial charge on any atom is -0.497 e. The second-order valence-electron chi connectivity index (χ2n) is 7.29. The molecule has 1 aromatic carbocycles. The van der Waals surface area contributed by atoms with E-state index < -0.39 is 0 Å². The first kappa shape index (κ1) is 18.3. The summed E-state index contributed by atoms with van der Waals surface area (Å²) < 4.78 is 5.26. The summed E-state index contributed by atoms with van der Waals surface area (Å²) >= 11 is 0. The fourth-order valence-corrected chi connectivity index (χ4v) is 3.80. The van der Waals surface area contributed by atoms with Crippen LogP contribution in [0.2, 0.25) is 0 Å². The molecule has 4 rings (SSSR count). The number of carbonyl (C=O) groups is 1. The Balaban J connectivity index is 1.42. The van der Waals surface area contributed by atoms with E-state index >= 15 is 0 Å². The van der Waals surface area contributed by atoms with E-state index in [9.17, 15) is 4.79 Å². The number of ether oxygens (including phenoxy) is 1. The molecule has 1 fully saturated rings. The van der Waals surface area contributed by atoms with Gasteiger partial charge in [0.1, 0.15) is 23.6 Å². The molecular weight excluding hydrogens is 354 g/mol. The van der Waals surface area contributed by atoms with E-state index in [0.717, 1.165) is 54.1 Å². The highest BCUT2D eigenvalue weighted by Gasteiger charge is 2.27. The molecule has 0 spiro atoms. The van der Waals surface area contributed by atoms with Gasteiger partial charge in [-0.2, -0.15) is 0 Å². The van der Waals surface area contributed by atoms with Crippen LogP contribution in [-0.2, 0) is 0 Å². The van der Waals surface area contributed by atoms with Gasteiger partial charge in [0, 0.05) is 54.9 Å². The van der Waals surface area contributed by atoms with Gasteiger partial charge in [-0.3, -0.25) is 4.79 Å². The largest absolute Gasteiger partial charge is 0.497 e. The maximum atomic E-state index is 12.9. The molecule has 28 heavy (non-hydrogen) atoms. The van der Waals surface area contributed by atoms with Crippen LogP contribution in [0.5, 0.6) is 5.75 Å². The van der Waals surface area contributed by atoms with Crippen LogP contribution in [0, 0.1) is 6.92 Å². The van der Waals surface area contributed by atoms with Crippen molar-refractivity contribution in [3.63, 3.8) is 0 Å². The summed E-state index contributed by atoms with van der Waals surface area (Å²) in [5, 5.41) is 1.01. The van der Waals surface area contributed by atoms with E-state index in [2.05, 4.69) is 26.9 Å². The predicted octanol–water partition coefficient (Wildman–Crippen LogP) is 3.02. The normalized spacial score (nSPS) is 15.0. The average molecular weight is 379 g/mol. The van der Waals surface area contributed by atoms with Crippen LogP contribution in [0.15, 0.2) is 36.7 Å². The van der Waals surface area contributed by atoms with E-state index in [4.69, 9.17) is 4.74 Å². The van der Waals surface area contributed by atoms with Crippen molar-refractivity contribution < 1.29 is 9.53 Å². The molecule has 0 bridgehead atoms. The van der Waals surface area contributed by atoms with E-state index in [0.29, 0.717) is 11.7 Å². The maximum absolute atomic E-state index is 12.9. The number of likely N-dealkylation sites (tertiary alicyclic amines) is 1. The molecular formula is C21H25N5O2. The number of aromatic nitrogens is 3. The van der Waals surface area contributed by atoms with Crippen LogP contribution in [-0.4, -0.2) is 59.0 Å². The van der Waals surface area contributed by atoms with Crippen molar-refractivity contribution in [3.05, 3.63) is 48.0 Å². The van der Waals surface area contributed by atoms with Crippen LogP contribution in [0.1, 0.15) is 29.0 Å². The summed E-state index contributed by atoms with van der Waals surface area (Å²) in [6, 6.07) is 10.1. The Labute approximate surface area is 164 Å². The lowest BCUT2D eigenvalue weighted by Gasteiger charge is -2.37. The van der Waals surface area contributed by atoms with Crippen molar-refractivity contribution in [2.75, 3.05) is 32.1 Å². The zero-order valence-corrected chi connectivity index (χ0v) is 16.5. The molecule has 1 N–H and O–H groups in total. The topological polar surface area (TPSA) is 74.3 Å². The van der Waals surface area contributed by atoms with Crippen LogP contribution in [0.25, 0.3) is 10.9 Å². The number of piperidine rings is 1. The van der Waals surface area contributed by atoms with E-state index in [1.165, 1.54) is 0 Å². The maximum Gasteiger partial charge on any atom is 0.270 e. The van der Waals surface area contributed by atoms with Gasteiger partial charge in [-0.1, -0.05) is 0 Å². The van der Waals surface area contributed by atoms with Gasteiger partial charge in [-0.25, -0.2) is 9.97 Å². The van der Waals surface area contributed by atoms with Crippen LogP contribution < -0.4 is 9.64 Å². The van der Waals surface area contributed by atoms with Crippen LogP contribution in [0.3, 0.4) is 0 Å². The molecule has 1 aliphatic rings. The number of nitrogens with zero attached hydrogens (tertiary/aromatic N) is 4. The SMILES string of the molecule is COc1ccc2cc(C(=O)N3CCC(N(C)c4cc(C)ncn4)CC3)[nH]c2c1. The summed E-state index contributed by atoms with van der Waals surface area (Å²) in [6.07, 6.45) is 3.43. The van der Waals surface area contributed by atoms with Crippen molar-refractivity contribution in [1.29, 1.82) is 0 Å². The van der Waals surface area contributed by atoms with Gasteiger partial charge in [-0.05, 0) is 38.0 Å². The van der Waals surface area contributed by atoms with Gasteiger partial charge in [0.15, 0.2) is 0 Å². The fraction of sp³-hybridized carbons (Fsp3) is 0.381. The zero-order chi connectivity index (χ0) is 19.7. The van der Waals surface area contributed by atoms with Gasteiger partial charge in [0.05, 0.1) is 7.11 Å². The number of methoxy groups -OCH3 is 1. The molecule has 7 nitrogen and oxygen atoms in total. The number of nitrogens with one attached hydrogen (secondary N) is 1. The Kier molecular flexibility index (Phi) is 4.90. The molecule has 0 atom stereocenters. The average Bonchev–Trinajstić information content (AvgIpc) is 3.16. The Bertz CT molecular complexity index is 991. The van der Waals surface area contributed by atoms with Gasteiger partial charge in [0.25, 0.3) is 5.91 Å². The number of hydrogen-bond donors (Lipinski definition) is 1. The number of fused-ring (bicyclic) bond motifs is 1. The monoisotopic (exact) mass is 379 g/mol. The van der Waals surface area contributed by atoms with Gasteiger partial charge in [-0.15, -0.1) is 0 Å². The lowest BCUT2D eigenvalue weighted by Crippen LogP contribution is -2.46. The van der Waals surface area contributed by atoms with Crippen molar-refractivity contribution >= 4 is 22.6 Å². The Hall–Kier alpha value is -3.09. The molecule has 0 radical (unpaired) electrons. The van der Waals surface area contributed by atoms with Crippen molar-refractivity contribution in [2.45, 2.75) is 25.8 Å². The molecule has 1 amide bonds. The van der Waals surface area contributed by atoms with Gasteiger partial charge in [0.2, 0.25) is 0 Å². The van der Waals surface area contributed by atoms with Gasteiger partial charge >= 0.3 is 0 Å². The standard InChI is InChI=1S/C21H25N5O2/c1-14-10-20(23-13-22-14)25(2)16-6-8-26(9-7-16)21(27)19-11-15-4-5-17(28-3)12-18(15)24-19/h4-5,10-13,16,24H,6-9H2,1-3H3. The lowest BCUT2D eigenvalue weighted by molar-refractivity contribution is 0.0708. The van der Waals surface area contributed by atoms with Gasteiger partial charge < -0.3 is 19.5 Å². The molecule has 146 valence electrons. The zero-order valence-electron chi connectivity index (χ0n) is 16.5. The van der Waals surface area contributed by atoms with E-state index in [1.807, 2.05) is 42.2 Å². The number of benzene rings is 1. The van der Waals surface area contributed by atoms with Crippen molar-refractivity contribution in [1.82, 2.24) is 19.9 Å². The number of rotatable bonds is 4. The Morgan fingerprint density at radius 3 is 2.71 bits per heavy atom. The molecule has 7 heteroatoms. The Morgan fingerprint density at radius 2 is 2.00 bits per heavy atom. The summed E-state index contributed by atoms with van der Waals surface area (Å²) in [6.45, 7) is 3.43. The lowest BCUT2D eigenvalue weighted by atomic mass is 10.0. The second-order valence-corrected chi connectivity index (χ2v) is 7.29. The molecule has 1 saturated heterocycles. The quantitative estimate of drug-likeness (QED) is 0.754. The number of H-pyrrole nitrogens is 1. The minimum atomic E-state index is 0.0501. The van der Waals surface area contributed by atoms with E-state index in [-0.39, 0.29) is 5.91 Å². The third-order valence-corrected chi connectivity index (χ3v) is 5.51. The first-order chi connectivity index (χ1) is 13.5. The minimum absolute atomic E-state index is 0.0501. The highest BCUT2D eigenvalue weighted by Crippen LogP contribution is 2.24. The number of aromatic amines is 1. The first-order valence-corrected chi connectivity index (χ1v) is 9.52. The molecule has 3 heterocycles. The smallest absolute Gasteiger partial charge is 0.270 e. The number of amides is 1. The summed E-state index contributed by atoms with van der Waals surface area (Å²) in [4.78, 5) is 28.8. The van der Waals surface area contributed by atoms with Crippen LogP contribution >= 0.6 is 0 Å². The molecule has 3 aromatic rings. The summed E-state index contributed by atoms with van der Waals surface area (Å²) in [7, 11) is 3.70.